The minimum absolute atomic E-state index is 0.0332. The summed E-state index contributed by atoms with van der Waals surface area (Å²) in [5, 5.41) is 6.92. The van der Waals surface area contributed by atoms with Gasteiger partial charge in [-0.2, -0.15) is 0 Å². The molecule has 0 spiro atoms. The number of carbonyl (C=O) groups excluding carboxylic acids is 1. The summed E-state index contributed by atoms with van der Waals surface area (Å²) in [4.78, 5) is 12.0. The van der Waals surface area contributed by atoms with Gasteiger partial charge in [0.15, 0.2) is 0 Å². The number of amides is 1. The van der Waals surface area contributed by atoms with Crippen LogP contribution in [0, 0.1) is 6.92 Å². The Morgan fingerprint density at radius 3 is 2.75 bits per heavy atom. The van der Waals surface area contributed by atoms with Crippen molar-refractivity contribution in [1.29, 1.82) is 0 Å². The molecule has 0 fully saturated rings. The topological polar surface area (TPSA) is 50.4 Å². The van der Waals surface area contributed by atoms with Crippen molar-refractivity contribution in [1.82, 2.24) is 5.32 Å². The summed E-state index contributed by atoms with van der Waals surface area (Å²) in [6, 6.07) is 13.5. The number of nitrogens with one attached hydrogen (secondary N) is 2. The summed E-state index contributed by atoms with van der Waals surface area (Å²) in [6.45, 7) is 3.41. The van der Waals surface area contributed by atoms with Gasteiger partial charge in [-0.1, -0.05) is 29.8 Å². The Kier molecular flexibility index (Phi) is 7.09. The van der Waals surface area contributed by atoms with Gasteiger partial charge >= 0.3 is 0 Å². The lowest BCUT2D eigenvalue weighted by atomic mass is 10.1. The zero-order chi connectivity index (χ0) is 17.4. The molecule has 128 valence electrons. The molecule has 1 amide bonds. The molecule has 0 aliphatic carbocycles. The summed E-state index contributed by atoms with van der Waals surface area (Å²) in [5.41, 5.74) is 2.97. The number of halogens is 1. The highest BCUT2D eigenvalue weighted by atomic mass is 35.5. The number of rotatable bonds is 8. The molecule has 0 atom stereocenters. The summed E-state index contributed by atoms with van der Waals surface area (Å²) in [7, 11) is 1.59. The molecular weight excluding hydrogens is 324 g/mol. The Morgan fingerprint density at radius 2 is 2.00 bits per heavy atom. The van der Waals surface area contributed by atoms with Crippen molar-refractivity contribution >= 4 is 23.2 Å². The van der Waals surface area contributed by atoms with Crippen LogP contribution in [0.2, 0.25) is 5.02 Å². The van der Waals surface area contributed by atoms with Crippen molar-refractivity contribution < 1.29 is 9.53 Å². The fourth-order valence-corrected chi connectivity index (χ4v) is 2.60. The maximum Gasteiger partial charge on any atom is 0.225 e. The first-order valence-electron chi connectivity index (χ1n) is 7.98. The number of hydrogen-bond acceptors (Lipinski definition) is 3. The van der Waals surface area contributed by atoms with Crippen LogP contribution in [0.15, 0.2) is 42.5 Å². The molecule has 0 aliphatic rings. The zero-order valence-corrected chi connectivity index (χ0v) is 14.8. The van der Waals surface area contributed by atoms with Crippen LogP contribution in [0.5, 0.6) is 5.75 Å². The van der Waals surface area contributed by atoms with Gasteiger partial charge in [-0.3, -0.25) is 4.79 Å². The summed E-state index contributed by atoms with van der Waals surface area (Å²) in [6.07, 6.45) is 1.29. The van der Waals surface area contributed by atoms with Crippen molar-refractivity contribution in [2.45, 2.75) is 19.8 Å². The van der Waals surface area contributed by atoms with E-state index < -0.39 is 0 Å². The predicted molar refractivity (Wildman–Crippen MR) is 99.0 cm³/mol. The second kappa shape index (κ2) is 9.30. The minimum atomic E-state index is -0.0332. The Morgan fingerprint density at radius 1 is 1.17 bits per heavy atom. The number of ether oxygens (including phenoxy) is 1. The molecule has 2 N–H and O–H groups in total. The Labute approximate surface area is 148 Å². The first kappa shape index (κ1) is 18.3. The van der Waals surface area contributed by atoms with Gasteiger partial charge in [-0.15, -0.1) is 0 Å². The highest BCUT2D eigenvalue weighted by Crippen LogP contribution is 2.25. The van der Waals surface area contributed by atoms with Gasteiger partial charge in [-0.05, 0) is 55.3 Å². The van der Waals surface area contributed by atoms with E-state index in [1.54, 1.807) is 7.11 Å². The number of methoxy groups -OCH3 is 1. The molecule has 0 unspecified atom stereocenters. The Bertz CT molecular complexity index is 689. The van der Waals surface area contributed by atoms with Crippen LogP contribution in [0.4, 0.5) is 5.69 Å². The molecule has 0 saturated heterocycles. The largest absolute Gasteiger partial charge is 0.495 e. The van der Waals surface area contributed by atoms with Crippen molar-refractivity contribution in [2.75, 3.05) is 25.5 Å². The summed E-state index contributed by atoms with van der Waals surface area (Å²) in [5.74, 6) is 0.636. The molecule has 24 heavy (non-hydrogen) atoms. The van der Waals surface area contributed by atoms with E-state index in [1.807, 2.05) is 49.4 Å². The number of anilines is 1. The standard InChI is InChI=1S/C19H23ClN2O2/c1-14-6-7-18(24-2)17(12-14)22-19(23)9-11-21-10-8-15-4-3-5-16(20)13-15/h3-7,12-13,21H,8-11H2,1-2H3,(H,22,23). The predicted octanol–water partition coefficient (Wildman–Crippen LogP) is 3.82. The van der Waals surface area contributed by atoms with Crippen LogP contribution in [0.25, 0.3) is 0 Å². The molecule has 2 aromatic carbocycles. The fourth-order valence-electron chi connectivity index (χ4n) is 2.38. The lowest BCUT2D eigenvalue weighted by molar-refractivity contribution is -0.116. The van der Waals surface area contributed by atoms with Crippen molar-refractivity contribution in [3.63, 3.8) is 0 Å². The van der Waals surface area contributed by atoms with E-state index in [9.17, 15) is 4.79 Å². The summed E-state index contributed by atoms with van der Waals surface area (Å²) >= 11 is 5.96. The normalized spacial score (nSPS) is 10.5. The van der Waals surface area contributed by atoms with Crippen molar-refractivity contribution in [2.24, 2.45) is 0 Å². The lowest BCUT2D eigenvalue weighted by Gasteiger charge is -2.11. The maximum absolute atomic E-state index is 12.0. The van der Waals surface area contributed by atoms with E-state index >= 15 is 0 Å². The molecule has 0 heterocycles. The van der Waals surface area contributed by atoms with Gasteiger partial charge in [0.05, 0.1) is 12.8 Å². The van der Waals surface area contributed by atoms with Gasteiger partial charge in [-0.25, -0.2) is 0 Å². The number of carbonyl (C=O) groups is 1. The van der Waals surface area contributed by atoms with E-state index in [1.165, 1.54) is 5.56 Å². The average Bonchev–Trinajstić information content (AvgIpc) is 2.55. The lowest BCUT2D eigenvalue weighted by Crippen LogP contribution is -2.23. The minimum Gasteiger partial charge on any atom is -0.495 e. The Hall–Kier alpha value is -2.04. The molecule has 0 bridgehead atoms. The highest BCUT2D eigenvalue weighted by molar-refractivity contribution is 6.30. The Balaban J connectivity index is 1.71. The van der Waals surface area contributed by atoms with Crippen LogP contribution in [0.1, 0.15) is 17.5 Å². The van der Waals surface area contributed by atoms with Gasteiger partial charge in [0, 0.05) is 18.0 Å². The molecule has 0 aliphatic heterocycles. The molecule has 0 saturated carbocycles. The van der Waals surface area contributed by atoms with E-state index in [4.69, 9.17) is 16.3 Å². The molecule has 0 aromatic heterocycles. The molecule has 2 rings (SSSR count). The van der Waals surface area contributed by atoms with E-state index in [0.717, 1.165) is 23.6 Å². The second-order valence-electron chi connectivity index (χ2n) is 5.63. The summed E-state index contributed by atoms with van der Waals surface area (Å²) < 4.78 is 5.26. The number of benzene rings is 2. The van der Waals surface area contributed by atoms with Crippen molar-refractivity contribution in [3.05, 3.63) is 58.6 Å². The van der Waals surface area contributed by atoms with Gasteiger partial charge < -0.3 is 15.4 Å². The van der Waals surface area contributed by atoms with E-state index in [2.05, 4.69) is 10.6 Å². The molecule has 0 radical (unpaired) electrons. The van der Waals surface area contributed by atoms with Gasteiger partial charge in [0.2, 0.25) is 5.91 Å². The third-order valence-electron chi connectivity index (χ3n) is 3.64. The SMILES string of the molecule is COc1ccc(C)cc1NC(=O)CCNCCc1cccc(Cl)c1. The fraction of sp³-hybridized carbons (Fsp3) is 0.316. The molecule has 4 nitrogen and oxygen atoms in total. The average molecular weight is 347 g/mol. The second-order valence-corrected chi connectivity index (χ2v) is 6.07. The zero-order valence-electron chi connectivity index (χ0n) is 14.1. The number of hydrogen-bond donors (Lipinski definition) is 2. The molecular formula is C19H23ClN2O2. The molecule has 5 heteroatoms. The van der Waals surface area contributed by atoms with Crippen LogP contribution in [-0.2, 0) is 11.2 Å². The monoisotopic (exact) mass is 346 g/mol. The maximum atomic E-state index is 12.0. The van der Waals surface area contributed by atoms with Gasteiger partial charge in [0.25, 0.3) is 0 Å². The van der Waals surface area contributed by atoms with Crippen LogP contribution in [0.3, 0.4) is 0 Å². The van der Waals surface area contributed by atoms with Crippen LogP contribution in [-0.4, -0.2) is 26.1 Å². The number of aryl methyl sites for hydroxylation is 1. The highest BCUT2D eigenvalue weighted by Gasteiger charge is 2.07. The van der Waals surface area contributed by atoms with Crippen molar-refractivity contribution in [3.8, 4) is 5.75 Å². The van der Waals surface area contributed by atoms with E-state index in [0.29, 0.717) is 24.4 Å². The quantitative estimate of drug-likeness (QED) is 0.714. The molecule has 2 aromatic rings. The third-order valence-corrected chi connectivity index (χ3v) is 3.87. The van der Waals surface area contributed by atoms with Crippen LogP contribution < -0.4 is 15.4 Å². The van der Waals surface area contributed by atoms with Crippen LogP contribution >= 0.6 is 11.6 Å². The first-order chi connectivity index (χ1) is 11.6. The smallest absolute Gasteiger partial charge is 0.225 e. The first-order valence-corrected chi connectivity index (χ1v) is 8.36. The third kappa shape index (κ3) is 5.87. The van der Waals surface area contributed by atoms with E-state index in [-0.39, 0.29) is 5.91 Å². The van der Waals surface area contributed by atoms with Gasteiger partial charge in [0.1, 0.15) is 5.75 Å².